The molecule has 1 aliphatic heterocycles. The van der Waals surface area contributed by atoms with Crippen LogP contribution in [0.2, 0.25) is 0 Å². The highest BCUT2D eigenvalue weighted by Gasteiger charge is 2.31. The molecule has 2 N–H and O–H groups in total. The van der Waals surface area contributed by atoms with Gasteiger partial charge in [0.2, 0.25) is 11.8 Å². The summed E-state index contributed by atoms with van der Waals surface area (Å²) in [5.41, 5.74) is 1.05. The number of amides is 2. The SMILES string of the molecule is CN1C(=O)CCC(NCc2ccc(C(=O)O)cc2Br)C1=O. The molecule has 0 aliphatic carbocycles. The number of carboxylic acid groups (broad SMARTS) is 1. The zero-order chi connectivity index (χ0) is 15.6. The first-order valence-corrected chi connectivity index (χ1v) is 7.25. The Morgan fingerprint density at radius 1 is 1.48 bits per heavy atom. The van der Waals surface area contributed by atoms with Crippen molar-refractivity contribution in [1.29, 1.82) is 0 Å². The van der Waals surface area contributed by atoms with E-state index in [9.17, 15) is 14.4 Å². The third kappa shape index (κ3) is 3.48. The number of halogens is 1. The first-order valence-electron chi connectivity index (χ1n) is 6.45. The molecular formula is C14H15BrN2O4. The number of nitrogens with one attached hydrogen (secondary N) is 1. The van der Waals surface area contributed by atoms with Crippen LogP contribution in [0.3, 0.4) is 0 Å². The molecular weight excluding hydrogens is 340 g/mol. The molecule has 6 nitrogen and oxygen atoms in total. The molecule has 0 saturated carbocycles. The maximum atomic E-state index is 11.9. The number of carbonyl (C=O) groups is 3. The predicted octanol–water partition coefficient (Wildman–Crippen LogP) is 1.38. The number of hydrogen-bond acceptors (Lipinski definition) is 4. The molecule has 1 unspecified atom stereocenters. The van der Waals surface area contributed by atoms with Crippen LogP contribution in [0.1, 0.15) is 28.8 Å². The molecule has 0 aromatic heterocycles. The average Bonchev–Trinajstić information content (AvgIpc) is 2.45. The fourth-order valence-electron chi connectivity index (χ4n) is 2.16. The van der Waals surface area contributed by atoms with Gasteiger partial charge in [-0.25, -0.2) is 4.79 Å². The summed E-state index contributed by atoms with van der Waals surface area (Å²) in [6.07, 6.45) is 0.825. The highest BCUT2D eigenvalue weighted by Crippen LogP contribution is 2.20. The second-order valence-electron chi connectivity index (χ2n) is 4.87. The fraction of sp³-hybridized carbons (Fsp3) is 0.357. The number of hydrogen-bond donors (Lipinski definition) is 2. The number of piperidine rings is 1. The van der Waals surface area contributed by atoms with E-state index in [1.54, 1.807) is 6.07 Å². The van der Waals surface area contributed by atoms with Gasteiger partial charge in [-0.05, 0) is 24.1 Å². The summed E-state index contributed by atoms with van der Waals surface area (Å²) < 4.78 is 0.669. The average molecular weight is 355 g/mol. The van der Waals surface area contributed by atoms with Gasteiger partial charge in [0.15, 0.2) is 0 Å². The van der Waals surface area contributed by atoms with Gasteiger partial charge >= 0.3 is 5.97 Å². The lowest BCUT2D eigenvalue weighted by Crippen LogP contribution is -2.51. The Hall–Kier alpha value is -1.73. The maximum absolute atomic E-state index is 11.9. The van der Waals surface area contributed by atoms with Crippen molar-refractivity contribution in [2.75, 3.05) is 7.05 Å². The highest BCUT2D eigenvalue weighted by atomic mass is 79.9. The van der Waals surface area contributed by atoms with Crippen molar-refractivity contribution in [3.05, 3.63) is 33.8 Å². The van der Waals surface area contributed by atoms with Crippen molar-refractivity contribution < 1.29 is 19.5 Å². The monoisotopic (exact) mass is 354 g/mol. The molecule has 0 bridgehead atoms. The van der Waals surface area contributed by atoms with Crippen molar-refractivity contribution in [3.63, 3.8) is 0 Å². The summed E-state index contributed by atoms with van der Waals surface area (Å²) >= 11 is 3.32. The van der Waals surface area contributed by atoms with Crippen molar-refractivity contribution in [1.82, 2.24) is 10.2 Å². The van der Waals surface area contributed by atoms with E-state index >= 15 is 0 Å². The van der Waals surface area contributed by atoms with E-state index in [1.165, 1.54) is 19.2 Å². The van der Waals surface area contributed by atoms with E-state index in [0.717, 1.165) is 10.5 Å². The molecule has 1 saturated heterocycles. The highest BCUT2D eigenvalue weighted by molar-refractivity contribution is 9.10. The fourth-order valence-corrected chi connectivity index (χ4v) is 2.68. The van der Waals surface area contributed by atoms with Crippen LogP contribution < -0.4 is 5.32 Å². The standard InChI is InChI=1S/C14H15BrN2O4/c1-17-12(18)5-4-11(13(17)19)16-7-9-3-2-8(14(20)21)6-10(9)15/h2-3,6,11,16H,4-5,7H2,1H3,(H,20,21). The van der Waals surface area contributed by atoms with Crippen molar-refractivity contribution in [2.24, 2.45) is 0 Å². The lowest BCUT2D eigenvalue weighted by molar-refractivity contribution is -0.148. The summed E-state index contributed by atoms with van der Waals surface area (Å²) in [4.78, 5) is 35.3. The van der Waals surface area contributed by atoms with Gasteiger partial charge < -0.3 is 10.4 Å². The number of aromatic carboxylic acids is 1. The van der Waals surface area contributed by atoms with Crippen LogP contribution >= 0.6 is 15.9 Å². The number of benzene rings is 1. The van der Waals surface area contributed by atoms with Gasteiger partial charge in [-0.3, -0.25) is 14.5 Å². The lowest BCUT2D eigenvalue weighted by atomic mass is 10.0. The summed E-state index contributed by atoms with van der Waals surface area (Å²) in [7, 11) is 1.48. The van der Waals surface area contributed by atoms with E-state index in [1.807, 2.05) is 0 Å². The van der Waals surface area contributed by atoms with E-state index in [2.05, 4.69) is 21.2 Å². The number of imide groups is 1. The van der Waals surface area contributed by atoms with Crippen LogP contribution in [0.5, 0.6) is 0 Å². The smallest absolute Gasteiger partial charge is 0.335 e. The normalized spacial score (nSPS) is 19.0. The summed E-state index contributed by atoms with van der Waals surface area (Å²) in [6, 6.07) is 4.35. The number of likely N-dealkylation sites (N-methyl/N-ethyl adjacent to an activating group) is 1. The Balaban J connectivity index is 2.02. The Labute approximate surface area is 130 Å². The maximum Gasteiger partial charge on any atom is 0.335 e. The molecule has 21 heavy (non-hydrogen) atoms. The largest absolute Gasteiger partial charge is 0.478 e. The minimum absolute atomic E-state index is 0.162. The van der Waals surface area contributed by atoms with Gasteiger partial charge in [-0.1, -0.05) is 22.0 Å². The minimum atomic E-state index is -0.988. The van der Waals surface area contributed by atoms with Crippen molar-refractivity contribution >= 4 is 33.7 Å². The Morgan fingerprint density at radius 2 is 2.19 bits per heavy atom. The Morgan fingerprint density at radius 3 is 2.81 bits per heavy atom. The molecule has 0 radical (unpaired) electrons. The number of likely N-dealkylation sites (tertiary alicyclic amines) is 1. The van der Waals surface area contributed by atoms with Crippen LogP contribution in [0.4, 0.5) is 0 Å². The molecule has 1 fully saturated rings. The predicted molar refractivity (Wildman–Crippen MR) is 78.7 cm³/mol. The number of carbonyl (C=O) groups excluding carboxylic acids is 2. The molecule has 1 aliphatic rings. The number of nitrogens with zero attached hydrogens (tertiary/aromatic N) is 1. The zero-order valence-electron chi connectivity index (χ0n) is 11.4. The van der Waals surface area contributed by atoms with Gasteiger partial charge in [0.05, 0.1) is 11.6 Å². The van der Waals surface area contributed by atoms with Crippen LogP contribution in [-0.4, -0.2) is 40.9 Å². The quantitative estimate of drug-likeness (QED) is 0.797. The van der Waals surface area contributed by atoms with Crippen LogP contribution in [0.15, 0.2) is 22.7 Å². The van der Waals surface area contributed by atoms with Gasteiger partial charge in [-0.15, -0.1) is 0 Å². The van der Waals surface area contributed by atoms with Gasteiger partial charge in [0.25, 0.3) is 0 Å². The Kier molecular flexibility index (Phi) is 4.74. The van der Waals surface area contributed by atoms with Gasteiger partial charge in [0, 0.05) is 24.5 Å². The minimum Gasteiger partial charge on any atom is -0.478 e. The summed E-state index contributed by atoms with van der Waals surface area (Å²) in [6.45, 7) is 0.416. The van der Waals surface area contributed by atoms with Crippen LogP contribution in [0, 0.1) is 0 Å². The van der Waals surface area contributed by atoms with Crippen LogP contribution in [-0.2, 0) is 16.1 Å². The Bertz CT molecular complexity index is 603. The van der Waals surface area contributed by atoms with Gasteiger partial charge in [-0.2, -0.15) is 0 Å². The first kappa shape index (κ1) is 15.7. The van der Waals surface area contributed by atoms with Crippen molar-refractivity contribution in [2.45, 2.75) is 25.4 Å². The molecule has 1 atom stereocenters. The summed E-state index contributed by atoms with van der Waals surface area (Å²) in [5.74, 6) is -1.38. The molecule has 7 heteroatoms. The third-order valence-corrected chi connectivity index (χ3v) is 4.23. The van der Waals surface area contributed by atoms with E-state index in [4.69, 9.17) is 5.11 Å². The zero-order valence-corrected chi connectivity index (χ0v) is 13.0. The third-order valence-electron chi connectivity index (χ3n) is 3.49. The topological polar surface area (TPSA) is 86.7 Å². The number of rotatable bonds is 4. The first-order chi connectivity index (χ1) is 9.90. The second-order valence-corrected chi connectivity index (χ2v) is 5.73. The summed E-state index contributed by atoms with van der Waals surface area (Å²) in [5, 5.41) is 12.0. The van der Waals surface area contributed by atoms with Crippen molar-refractivity contribution in [3.8, 4) is 0 Å². The molecule has 2 rings (SSSR count). The van der Waals surface area contributed by atoms with E-state index < -0.39 is 12.0 Å². The molecule has 0 spiro atoms. The molecule has 2 amide bonds. The van der Waals surface area contributed by atoms with E-state index in [0.29, 0.717) is 23.9 Å². The molecule has 1 heterocycles. The number of carboxylic acids is 1. The molecule has 1 aromatic rings. The second kappa shape index (κ2) is 6.36. The molecule has 112 valence electrons. The van der Waals surface area contributed by atoms with E-state index in [-0.39, 0.29) is 17.4 Å². The van der Waals surface area contributed by atoms with Crippen LogP contribution in [0.25, 0.3) is 0 Å². The lowest BCUT2D eigenvalue weighted by Gasteiger charge is -2.28. The van der Waals surface area contributed by atoms with Gasteiger partial charge in [0.1, 0.15) is 0 Å². The molecule has 1 aromatic carbocycles.